The first kappa shape index (κ1) is 15.9. The van der Waals surface area contributed by atoms with Crippen molar-refractivity contribution in [2.24, 2.45) is 5.92 Å². The summed E-state index contributed by atoms with van der Waals surface area (Å²) in [7, 11) is 0. The Morgan fingerprint density at radius 3 is 2.71 bits per heavy atom. The third kappa shape index (κ3) is 3.79. The molecule has 1 aliphatic carbocycles. The van der Waals surface area contributed by atoms with E-state index in [1.165, 1.54) is 19.1 Å². The number of aryl methyl sites for hydroxylation is 1. The van der Waals surface area contributed by atoms with E-state index < -0.39 is 17.6 Å². The Kier molecular flexibility index (Phi) is 4.93. The maximum Gasteiger partial charge on any atom is 0.306 e. The zero-order valence-electron chi connectivity index (χ0n) is 12.3. The highest BCUT2D eigenvalue weighted by Gasteiger charge is 2.28. The molecular formula is C16H21F2NO2. The minimum atomic E-state index is -0.776. The summed E-state index contributed by atoms with van der Waals surface area (Å²) >= 11 is 0. The zero-order chi connectivity index (χ0) is 15.6. The Balaban J connectivity index is 2.06. The summed E-state index contributed by atoms with van der Waals surface area (Å²) in [6.07, 6.45) is 2.93. The second-order valence-corrected chi connectivity index (χ2v) is 5.91. The fourth-order valence-corrected chi connectivity index (χ4v) is 3.00. The number of aliphatic carboxylic acids is 1. The van der Waals surface area contributed by atoms with E-state index in [1.807, 2.05) is 0 Å². The van der Waals surface area contributed by atoms with Crippen LogP contribution >= 0.6 is 0 Å². The molecule has 0 spiro atoms. The molecule has 0 heterocycles. The second kappa shape index (κ2) is 6.52. The molecule has 0 amide bonds. The molecule has 0 aliphatic heterocycles. The number of benzene rings is 1. The standard InChI is InChI=1S/C16H21F2NO2/c1-9-6-15(18)13(8-14(9)17)10(2)19-12-5-3-4-11(7-12)16(20)21/h6,8,10-12,19H,3-5,7H2,1-2H3,(H,20,21). The summed E-state index contributed by atoms with van der Waals surface area (Å²) in [5.74, 6) is -1.98. The molecule has 1 fully saturated rings. The van der Waals surface area contributed by atoms with Crippen molar-refractivity contribution >= 4 is 5.97 Å². The van der Waals surface area contributed by atoms with Gasteiger partial charge in [0.15, 0.2) is 0 Å². The number of carboxylic acids is 1. The van der Waals surface area contributed by atoms with E-state index >= 15 is 0 Å². The largest absolute Gasteiger partial charge is 0.481 e. The molecule has 0 radical (unpaired) electrons. The Morgan fingerprint density at radius 2 is 2.05 bits per heavy atom. The van der Waals surface area contributed by atoms with E-state index in [0.29, 0.717) is 12.8 Å². The predicted octanol–water partition coefficient (Wildman–Crippen LogP) is 3.57. The maximum absolute atomic E-state index is 13.9. The molecule has 3 nitrogen and oxygen atoms in total. The molecule has 0 bridgehead atoms. The Labute approximate surface area is 123 Å². The van der Waals surface area contributed by atoms with Crippen molar-refractivity contribution in [3.8, 4) is 0 Å². The molecule has 2 N–H and O–H groups in total. The van der Waals surface area contributed by atoms with Gasteiger partial charge in [-0.3, -0.25) is 4.79 Å². The summed E-state index contributed by atoms with van der Waals surface area (Å²) < 4.78 is 27.5. The zero-order valence-corrected chi connectivity index (χ0v) is 12.3. The first-order valence-electron chi connectivity index (χ1n) is 7.33. The van der Waals surface area contributed by atoms with Crippen molar-refractivity contribution in [2.45, 2.75) is 51.6 Å². The third-order valence-electron chi connectivity index (χ3n) is 4.25. The molecule has 5 heteroatoms. The van der Waals surface area contributed by atoms with Gasteiger partial charge in [0.2, 0.25) is 0 Å². The van der Waals surface area contributed by atoms with Gasteiger partial charge in [-0.15, -0.1) is 0 Å². The summed E-state index contributed by atoms with van der Waals surface area (Å²) in [5, 5.41) is 12.3. The molecule has 3 atom stereocenters. The average Bonchev–Trinajstić information content (AvgIpc) is 2.43. The van der Waals surface area contributed by atoms with Gasteiger partial charge in [0.05, 0.1) is 5.92 Å². The first-order chi connectivity index (χ1) is 9.88. The lowest BCUT2D eigenvalue weighted by Gasteiger charge is -2.30. The van der Waals surface area contributed by atoms with Crippen molar-refractivity contribution in [3.05, 3.63) is 34.9 Å². The van der Waals surface area contributed by atoms with Crippen LogP contribution in [0.2, 0.25) is 0 Å². The highest BCUT2D eigenvalue weighted by atomic mass is 19.1. The van der Waals surface area contributed by atoms with Crippen molar-refractivity contribution in [1.82, 2.24) is 5.32 Å². The van der Waals surface area contributed by atoms with Gasteiger partial charge in [-0.25, -0.2) is 8.78 Å². The predicted molar refractivity (Wildman–Crippen MR) is 76.0 cm³/mol. The van der Waals surface area contributed by atoms with Gasteiger partial charge < -0.3 is 10.4 Å². The summed E-state index contributed by atoms with van der Waals surface area (Å²) in [4.78, 5) is 11.1. The second-order valence-electron chi connectivity index (χ2n) is 5.91. The molecule has 1 aromatic carbocycles. The smallest absolute Gasteiger partial charge is 0.306 e. The van der Waals surface area contributed by atoms with E-state index in [0.717, 1.165) is 12.8 Å². The molecule has 1 aliphatic rings. The maximum atomic E-state index is 13.9. The highest BCUT2D eigenvalue weighted by Crippen LogP contribution is 2.27. The average molecular weight is 297 g/mol. The van der Waals surface area contributed by atoms with Crippen LogP contribution in [0.1, 0.15) is 49.8 Å². The third-order valence-corrected chi connectivity index (χ3v) is 4.25. The molecule has 2 rings (SSSR count). The highest BCUT2D eigenvalue weighted by molar-refractivity contribution is 5.70. The molecule has 21 heavy (non-hydrogen) atoms. The van der Waals surface area contributed by atoms with Gasteiger partial charge in [-0.1, -0.05) is 6.42 Å². The lowest BCUT2D eigenvalue weighted by atomic mass is 9.85. The Morgan fingerprint density at radius 1 is 1.33 bits per heavy atom. The van der Waals surface area contributed by atoms with Crippen LogP contribution in [0.4, 0.5) is 8.78 Å². The van der Waals surface area contributed by atoms with Crippen LogP contribution in [0.25, 0.3) is 0 Å². The topological polar surface area (TPSA) is 49.3 Å². The van der Waals surface area contributed by atoms with Gasteiger partial charge >= 0.3 is 5.97 Å². The van der Waals surface area contributed by atoms with E-state index in [1.54, 1.807) is 6.92 Å². The molecule has 1 aromatic rings. The normalized spacial score (nSPS) is 23.8. The molecular weight excluding hydrogens is 276 g/mol. The van der Waals surface area contributed by atoms with Crippen LogP contribution in [0.5, 0.6) is 0 Å². The number of nitrogens with one attached hydrogen (secondary N) is 1. The summed E-state index contributed by atoms with van der Waals surface area (Å²) in [6, 6.07) is 2.10. The number of halogens is 2. The minimum Gasteiger partial charge on any atom is -0.481 e. The fraction of sp³-hybridized carbons (Fsp3) is 0.562. The van der Waals surface area contributed by atoms with E-state index in [9.17, 15) is 13.6 Å². The molecule has 3 unspecified atom stereocenters. The van der Waals surface area contributed by atoms with Gasteiger partial charge in [0.25, 0.3) is 0 Å². The number of carboxylic acid groups (broad SMARTS) is 1. The molecule has 0 saturated heterocycles. The summed E-state index contributed by atoms with van der Waals surface area (Å²) in [5.41, 5.74) is 0.572. The fourth-order valence-electron chi connectivity index (χ4n) is 3.00. The summed E-state index contributed by atoms with van der Waals surface area (Å²) in [6.45, 7) is 3.30. The molecule has 116 valence electrons. The minimum absolute atomic E-state index is 0.0265. The lowest BCUT2D eigenvalue weighted by Crippen LogP contribution is -2.38. The SMILES string of the molecule is Cc1cc(F)c(C(C)NC2CCCC(C(=O)O)C2)cc1F. The van der Waals surface area contributed by atoms with Crippen molar-refractivity contribution < 1.29 is 18.7 Å². The van der Waals surface area contributed by atoms with Crippen LogP contribution in [-0.2, 0) is 4.79 Å². The van der Waals surface area contributed by atoms with Crippen LogP contribution in [0, 0.1) is 24.5 Å². The Bertz CT molecular complexity index is 533. The van der Waals surface area contributed by atoms with Crippen LogP contribution in [-0.4, -0.2) is 17.1 Å². The quantitative estimate of drug-likeness (QED) is 0.893. The molecule has 0 aromatic heterocycles. The number of hydrogen-bond acceptors (Lipinski definition) is 2. The van der Waals surface area contributed by atoms with Crippen molar-refractivity contribution in [2.75, 3.05) is 0 Å². The van der Waals surface area contributed by atoms with E-state index in [2.05, 4.69) is 5.32 Å². The van der Waals surface area contributed by atoms with Gasteiger partial charge in [-0.2, -0.15) is 0 Å². The monoisotopic (exact) mass is 297 g/mol. The van der Waals surface area contributed by atoms with Gasteiger partial charge in [0.1, 0.15) is 11.6 Å². The van der Waals surface area contributed by atoms with Gasteiger partial charge in [-0.05, 0) is 50.8 Å². The van der Waals surface area contributed by atoms with E-state index in [4.69, 9.17) is 5.11 Å². The van der Waals surface area contributed by atoms with Crippen LogP contribution in [0.3, 0.4) is 0 Å². The number of rotatable bonds is 4. The van der Waals surface area contributed by atoms with Gasteiger partial charge in [0, 0.05) is 17.6 Å². The first-order valence-corrected chi connectivity index (χ1v) is 7.33. The number of hydrogen-bond donors (Lipinski definition) is 2. The number of carbonyl (C=O) groups is 1. The van der Waals surface area contributed by atoms with E-state index in [-0.39, 0.29) is 29.1 Å². The van der Waals surface area contributed by atoms with Crippen LogP contribution in [0.15, 0.2) is 12.1 Å². The van der Waals surface area contributed by atoms with Crippen molar-refractivity contribution in [3.63, 3.8) is 0 Å². The lowest BCUT2D eigenvalue weighted by molar-refractivity contribution is -0.143. The van der Waals surface area contributed by atoms with Crippen LogP contribution < -0.4 is 5.32 Å². The van der Waals surface area contributed by atoms with Crippen molar-refractivity contribution in [1.29, 1.82) is 0 Å². The Hall–Kier alpha value is -1.49. The molecule has 1 saturated carbocycles.